The van der Waals surface area contributed by atoms with Crippen molar-refractivity contribution in [1.82, 2.24) is 0 Å². The third kappa shape index (κ3) is 6.71. The lowest BCUT2D eigenvalue weighted by molar-refractivity contribution is -0.875. The van der Waals surface area contributed by atoms with Crippen molar-refractivity contribution in [3.05, 3.63) is 0 Å². The molecule has 0 aromatic rings. The minimum atomic E-state index is -1.60. The Kier molecular flexibility index (Phi) is 7.03. The number of hydrogen-bond acceptors (Lipinski definition) is 4. The van der Waals surface area contributed by atoms with Crippen molar-refractivity contribution in [2.75, 3.05) is 27.7 Å². The first-order chi connectivity index (χ1) is 9.43. The second-order valence-corrected chi connectivity index (χ2v) is 6.76. The van der Waals surface area contributed by atoms with Crippen molar-refractivity contribution >= 4 is 17.7 Å². The number of rotatable bonds is 9. The van der Waals surface area contributed by atoms with Crippen LogP contribution in [-0.4, -0.2) is 60.6 Å². The minimum absolute atomic E-state index is 0.136. The highest BCUT2D eigenvalue weighted by atomic mass is 16.6. The molecule has 0 amide bonds. The van der Waals surface area contributed by atoms with Crippen molar-refractivity contribution < 1.29 is 28.7 Å². The van der Waals surface area contributed by atoms with Gasteiger partial charge in [-0.3, -0.25) is 14.4 Å². The largest absolute Gasteiger partial charge is 0.481 e. The highest BCUT2D eigenvalue weighted by Crippen LogP contribution is 2.25. The quantitative estimate of drug-likeness (QED) is 0.515. The topological polar surface area (TPSA) is 80.7 Å². The molecule has 0 saturated carbocycles. The lowest BCUT2D eigenvalue weighted by Crippen LogP contribution is -2.57. The third-order valence-electron chi connectivity index (χ3n) is 2.92. The Balaban J connectivity index is 5.65. The molecule has 0 rings (SSSR count). The standard InChI is InChI=1S/C15H27NO5/c1-7-8-12(17)15(9-13(18)19,10-16(4,5)6)21-14(20)11(2)3/h11H,7-10H2,1-6H3/p+1. The van der Waals surface area contributed by atoms with Crippen molar-refractivity contribution in [3.63, 3.8) is 0 Å². The summed E-state index contributed by atoms with van der Waals surface area (Å²) in [5.74, 6) is -2.44. The van der Waals surface area contributed by atoms with E-state index in [2.05, 4.69) is 0 Å². The Morgan fingerprint density at radius 3 is 2.05 bits per heavy atom. The number of carboxylic acid groups (broad SMARTS) is 1. The maximum absolute atomic E-state index is 12.5. The zero-order valence-electron chi connectivity index (χ0n) is 13.9. The molecule has 1 atom stereocenters. The highest BCUT2D eigenvalue weighted by Gasteiger charge is 2.48. The van der Waals surface area contributed by atoms with Crippen molar-refractivity contribution in [3.8, 4) is 0 Å². The number of esters is 1. The number of carbonyl (C=O) groups excluding carboxylic acids is 2. The number of hydrogen-bond donors (Lipinski definition) is 1. The maximum atomic E-state index is 12.5. The first kappa shape index (κ1) is 19.6. The molecule has 0 bridgehead atoms. The maximum Gasteiger partial charge on any atom is 0.309 e. The molecule has 1 N–H and O–H groups in total. The normalized spacial score (nSPS) is 14.6. The summed E-state index contributed by atoms with van der Waals surface area (Å²) in [7, 11) is 5.50. The van der Waals surface area contributed by atoms with Gasteiger partial charge in [0, 0.05) is 6.42 Å². The van der Waals surface area contributed by atoms with Gasteiger partial charge in [0.05, 0.1) is 33.5 Å². The molecule has 6 nitrogen and oxygen atoms in total. The fourth-order valence-corrected chi connectivity index (χ4v) is 2.14. The summed E-state index contributed by atoms with van der Waals surface area (Å²) in [6.45, 7) is 5.28. The molecular weight excluding hydrogens is 274 g/mol. The van der Waals surface area contributed by atoms with Crippen LogP contribution in [0, 0.1) is 5.92 Å². The molecule has 0 spiro atoms. The summed E-state index contributed by atoms with van der Waals surface area (Å²) < 4.78 is 5.74. The minimum Gasteiger partial charge on any atom is -0.481 e. The second kappa shape index (κ2) is 7.54. The van der Waals surface area contributed by atoms with Crippen LogP contribution >= 0.6 is 0 Å². The van der Waals surface area contributed by atoms with Crippen LogP contribution in [-0.2, 0) is 19.1 Å². The number of quaternary nitrogens is 1. The second-order valence-electron chi connectivity index (χ2n) is 6.76. The van der Waals surface area contributed by atoms with Crippen molar-refractivity contribution in [1.29, 1.82) is 0 Å². The van der Waals surface area contributed by atoms with Gasteiger partial charge in [0.25, 0.3) is 0 Å². The SMILES string of the molecule is CCCC(=O)C(CC(=O)O)(C[N+](C)(C)C)OC(=O)C(C)C. The van der Waals surface area contributed by atoms with Gasteiger partial charge in [0.15, 0.2) is 5.78 Å². The first-order valence-electron chi connectivity index (χ1n) is 7.22. The summed E-state index contributed by atoms with van der Waals surface area (Å²) in [5.41, 5.74) is -1.60. The van der Waals surface area contributed by atoms with Gasteiger partial charge in [-0.1, -0.05) is 20.8 Å². The van der Waals surface area contributed by atoms with Crippen LogP contribution in [0.3, 0.4) is 0 Å². The number of ether oxygens (including phenoxy) is 1. The zero-order valence-corrected chi connectivity index (χ0v) is 13.9. The van der Waals surface area contributed by atoms with Crippen LogP contribution in [0.2, 0.25) is 0 Å². The average molecular weight is 302 g/mol. The van der Waals surface area contributed by atoms with E-state index in [4.69, 9.17) is 9.84 Å². The summed E-state index contributed by atoms with van der Waals surface area (Å²) in [4.78, 5) is 35.7. The molecule has 0 aliphatic rings. The molecule has 1 unspecified atom stereocenters. The summed E-state index contributed by atoms with van der Waals surface area (Å²) >= 11 is 0. The van der Waals surface area contributed by atoms with Gasteiger partial charge in [-0.2, -0.15) is 0 Å². The fraction of sp³-hybridized carbons (Fsp3) is 0.800. The predicted octanol–water partition coefficient (Wildman–Crippen LogP) is 1.47. The molecule has 6 heteroatoms. The molecule has 0 aliphatic heterocycles. The van der Waals surface area contributed by atoms with Crippen LogP contribution in [0.25, 0.3) is 0 Å². The van der Waals surface area contributed by atoms with Gasteiger partial charge in [0.1, 0.15) is 6.54 Å². The van der Waals surface area contributed by atoms with E-state index >= 15 is 0 Å². The highest BCUT2D eigenvalue weighted by molar-refractivity contribution is 5.93. The number of ketones is 1. The molecule has 0 radical (unpaired) electrons. The van der Waals surface area contributed by atoms with Gasteiger partial charge in [-0.05, 0) is 6.42 Å². The van der Waals surface area contributed by atoms with E-state index in [0.29, 0.717) is 10.9 Å². The van der Waals surface area contributed by atoms with Crippen LogP contribution in [0.4, 0.5) is 0 Å². The Hall–Kier alpha value is -1.43. The smallest absolute Gasteiger partial charge is 0.309 e. The summed E-state index contributed by atoms with van der Waals surface area (Å²) in [5, 5.41) is 9.16. The van der Waals surface area contributed by atoms with Gasteiger partial charge in [-0.25, -0.2) is 0 Å². The predicted molar refractivity (Wildman–Crippen MR) is 78.7 cm³/mol. The number of carbonyl (C=O) groups is 3. The lowest BCUT2D eigenvalue weighted by Gasteiger charge is -2.37. The Labute approximate surface area is 126 Å². The van der Waals surface area contributed by atoms with E-state index in [1.165, 1.54) is 0 Å². The first-order valence-corrected chi connectivity index (χ1v) is 7.22. The third-order valence-corrected chi connectivity index (χ3v) is 2.92. The van der Waals surface area contributed by atoms with Crippen LogP contribution in [0.5, 0.6) is 0 Å². The van der Waals surface area contributed by atoms with Gasteiger partial charge < -0.3 is 14.3 Å². The van der Waals surface area contributed by atoms with Gasteiger partial charge in [-0.15, -0.1) is 0 Å². The number of likely N-dealkylation sites (N-methyl/N-ethyl adjacent to an activating group) is 1. The molecule has 0 saturated heterocycles. The van der Waals surface area contributed by atoms with Crippen LogP contribution < -0.4 is 0 Å². The Morgan fingerprint density at radius 2 is 1.71 bits per heavy atom. The lowest BCUT2D eigenvalue weighted by atomic mass is 9.89. The molecule has 122 valence electrons. The van der Waals surface area contributed by atoms with Crippen LogP contribution in [0.1, 0.15) is 40.0 Å². The summed E-state index contributed by atoms with van der Waals surface area (Å²) in [6.07, 6.45) is 0.273. The summed E-state index contributed by atoms with van der Waals surface area (Å²) in [6, 6.07) is 0. The average Bonchev–Trinajstić information content (AvgIpc) is 2.25. The zero-order chi connectivity index (χ0) is 16.8. The molecule has 21 heavy (non-hydrogen) atoms. The monoisotopic (exact) mass is 302 g/mol. The van der Waals surface area contributed by atoms with E-state index in [1.54, 1.807) is 13.8 Å². The molecule has 0 aromatic carbocycles. The number of aliphatic carboxylic acids is 1. The Bertz CT molecular complexity index is 397. The van der Waals surface area contributed by atoms with E-state index < -0.39 is 29.9 Å². The number of Topliss-reactive ketones (excluding diaryl/α,β-unsaturated/α-hetero) is 1. The van der Waals surface area contributed by atoms with E-state index in [9.17, 15) is 14.4 Å². The van der Waals surface area contributed by atoms with E-state index in [1.807, 2.05) is 28.1 Å². The Morgan fingerprint density at radius 1 is 1.19 bits per heavy atom. The van der Waals surface area contributed by atoms with E-state index in [0.717, 1.165) is 0 Å². The molecule has 0 aromatic heterocycles. The van der Waals surface area contributed by atoms with Crippen molar-refractivity contribution in [2.45, 2.75) is 45.6 Å². The molecule has 0 fully saturated rings. The number of nitrogens with zero attached hydrogens (tertiary/aromatic N) is 1. The molecule has 0 heterocycles. The molecular formula is C15H28NO5+. The fourth-order valence-electron chi connectivity index (χ4n) is 2.14. The number of carboxylic acids is 1. The van der Waals surface area contributed by atoms with Crippen LogP contribution in [0.15, 0.2) is 0 Å². The molecule has 0 aliphatic carbocycles. The van der Waals surface area contributed by atoms with E-state index in [-0.39, 0.29) is 18.7 Å². The van der Waals surface area contributed by atoms with Gasteiger partial charge in [0.2, 0.25) is 5.60 Å². The van der Waals surface area contributed by atoms with Crippen molar-refractivity contribution in [2.24, 2.45) is 5.92 Å². The van der Waals surface area contributed by atoms with Gasteiger partial charge >= 0.3 is 11.9 Å².